The van der Waals surface area contributed by atoms with Crippen LogP contribution in [0.15, 0.2) is 280 Å². The van der Waals surface area contributed by atoms with Crippen LogP contribution in [0, 0.1) is 24.4 Å². The highest BCUT2D eigenvalue weighted by Crippen LogP contribution is 2.32. The summed E-state index contributed by atoms with van der Waals surface area (Å²) in [7, 11) is 1.93. The molecule has 0 spiro atoms. The highest BCUT2D eigenvalue weighted by atomic mass is 35.5. The van der Waals surface area contributed by atoms with Crippen molar-refractivity contribution in [3.63, 3.8) is 0 Å². The van der Waals surface area contributed by atoms with Gasteiger partial charge in [-0.15, -0.1) is 11.3 Å². The number of nitrogens with one attached hydrogen (secondary N) is 2. The summed E-state index contributed by atoms with van der Waals surface area (Å²) in [5.74, 6) is 2.49. The van der Waals surface area contributed by atoms with Crippen molar-refractivity contribution >= 4 is 139 Å². The van der Waals surface area contributed by atoms with E-state index in [-0.39, 0.29) is 58.0 Å². The molecule has 31 nitrogen and oxygen atoms in total. The summed E-state index contributed by atoms with van der Waals surface area (Å²) in [5.41, 5.74) is 7.32. The molecule has 5 aliphatic heterocycles. The third-order valence-electron chi connectivity index (χ3n) is 24.9. The van der Waals surface area contributed by atoms with Crippen LogP contribution in [-0.4, -0.2) is 194 Å². The third kappa shape index (κ3) is 29.2. The van der Waals surface area contributed by atoms with Crippen LogP contribution in [0.1, 0.15) is 71.9 Å². The number of piperidine rings is 3. The predicted molar refractivity (Wildman–Crippen MR) is 562 cm³/mol. The molecule has 5 saturated heterocycles. The monoisotopic (exact) mass is 2070 g/mol. The van der Waals surface area contributed by atoms with E-state index in [1.54, 1.807) is 122 Å². The molecule has 143 heavy (non-hydrogen) atoms. The summed E-state index contributed by atoms with van der Waals surface area (Å²) in [6.07, 6.45) is 15.0. The summed E-state index contributed by atoms with van der Waals surface area (Å²) >= 11 is 37.1. The van der Waals surface area contributed by atoms with Crippen LogP contribution in [0.5, 0.6) is 0 Å². The first kappa shape index (κ1) is 102. The van der Waals surface area contributed by atoms with Gasteiger partial charge in [-0.25, -0.2) is 67.0 Å². The maximum atomic E-state index is 13.1. The number of hydrogen-bond acceptors (Lipinski definition) is 27. The van der Waals surface area contributed by atoms with Gasteiger partial charge in [-0.3, -0.25) is 22.8 Å². The lowest BCUT2D eigenvalue weighted by Crippen LogP contribution is -2.48. The second-order valence-electron chi connectivity index (χ2n) is 34.8. The summed E-state index contributed by atoms with van der Waals surface area (Å²) in [6.45, 7) is 15.3. The first-order valence-corrected chi connectivity index (χ1v) is 49.7. The molecule has 41 heteroatoms. The van der Waals surface area contributed by atoms with E-state index >= 15 is 0 Å². The Kier molecular flexibility index (Phi) is 35.2. The molecule has 2 N–H and O–H groups in total. The van der Waals surface area contributed by atoms with Crippen LogP contribution in [0.3, 0.4) is 0 Å². The minimum atomic E-state index is -0.346. The van der Waals surface area contributed by atoms with Gasteiger partial charge in [-0.2, -0.15) is 24.9 Å². The van der Waals surface area contributed by atoms with Crippen LogP contribution >= 0.6 is 80.9 Å². The topological polar surface area (TPSA) is 302 Å². The van der Waals surface area contributed by atoms with Crippen LogP contribution in [0.4, 0.5) is 70.8 Å². The van der Waals surface area contributed by atoms with E-state index in [0.717, 1.165) is 191 Å². The minimum Gasteiger partial charge on any atom is -0.382 e. The smallest absolute Gasteiger partial charge is 0.352 e. The maximum Gasteiger partial charge on any atom is 0.352 e. The molecule has 15 aromatic rings. The highest BCUT2D eigenvalue weighted by molar-refractivity contribution is 7.19. The fourth-order valence-corrected chi connectivity index (χ4v) is 18.5. The van der Waals surface area contributed by atoms with Gasteiger partial charge in [0.25, 0.3) is 0 Å². The molecule has 0 amide bonds. The van der Waals surface area contributed by atoms with Crippen molar-refractivity contribution in [1.82, 2.24) is 77.7 Å². The van der Waals surface area contributed by atoms with Crippen molar-refractivity contribution in [2.24, 2.45) is 0 Å². The number of rotatable bonds is 23. The minimum absolute atomic E-state index is 0.193. The van der Waals surface area contributed by atoms with E-state index < -0.39 is 0 Å². The standard InChI is InChI=1S/C22H23ClFN5O.2C21H21ClFN5O.C20H21ClN6O.C18H17Cl2N5OS/c1-27(19-10-12-28(13-11-19)20-8-6-18(24)7-9-20)21-25-15-29(22(30)26-21)14-16-2-4-17(23)5-3-16;22-16-3-1-15(2-4-16)13-28-14-24-20(26-21(28)29)25-18-9-11-27(12-10-18)19-7-5-17(23)6-8-19;22-16-3-1-15(2-4-16)13-28-14-24-20(26-21(28)29)27-11-9-19(10-12-27)25-18-7-5-17(23)6-8-18;1-15-2-7-18(22-12-15)25-8-10-26(11-9-25)19-23-14-27(20(28)24-19)13-16-3-5-17(21)6-4-16;19-14-3-1-13(2-4-14)11-25-12-21-17(22-18(25)26)24-9-7-23(8-10-24)16-6-5-15(20)27-16/h2-9,15,19H,10-14H2,1H3;1-8,14,18H,9-13H2,(H,25,26,29);1-8,14,19,25H,9-13H2;2-7,12,14H,8-11,13H2,1H3;1-6,12H,7-11H2. The van der Waals surface area contributed by atoms with E-state index in [2.05, 4.69) is 91.1 Å². The fraction of sp³-hybridized carbons (Fsp3) is 0.294. The third-order valence-corrected chi connectivity index (χ3v) is 27.4. The molecular weight excluding hydrogens is 1970 g/mol. The van der Waals surface area contributed by atoms with Gasteiger partial charge in [0.05, 0.1) is 42.1 Å². The molecule has 5 aliphatic rings. The first-order valence-electron chi connectivity index (χ1n) is 46.6. The van der Waals surface area contributed by atoms with Gasteiger partial charge in [0.15, 0.2) is 0 Å². The number of pyridine rings is 1. The van der Waals surface area contributed by atoms with E-state index in [1.165, 1.54) is 70.6 Å². The van der Waals surface area contributed by atoms with Crippen LogP contribution < -0.4 is 78.3 Å². The Morgan fingerprint density at radius 1 is 0.329 bits per heavy atom. The Balaban J connectivity index is 0.000000128. The van der Waals surface area contributed by atoms with Gasteiger partial charge in [-0.05, 0) is 230 Å². The number of nitrogens with zero attached hydrogens (tertiary/aromatic N) is 24. The van der Waals surface area contributed by atoms with Gasteiger partial charge in [-0.1, -0.05) is 136 Å². The second-order valence-corrected chi connectivity index (χ2v) is 38.7. The lowest BCUT2D eigenvalue weighted by atomic mass is 10.0. The zero-order chi connectivity index (χ0) is 99.8. The van der Waals surface area contributed by atoms with E-state index in [0.29, 0.717) is 93.6 Å². The predicted octanol–water partition coefficient (Wildman–Crippen LogP) is 16.5. The number of thiophene rings is 1. The van der Waals surface area contributed by atoms with Gasteiger partial charge in [0.2, 0.25) is 29.7 Å². The Bertz CT molecular complexity index is 7000. The van der Waals surface area contributed by atoms with Crippen molar-refractivity contribution in [3.8, 4) is 0 Å². The largest absolute Gasteiger partial charge is 0.382 e. The molecule has 0 saturated carbocycles. The Morgan fingerprint density at radius 2 is 0.657 bits per heavy atom. The number of benzene rings is 8. The molecule has 0 atom stereocenters. The quantitative estimate of drug-likeness (QED) is 0.0601. The molecule has 5 fully saturated rings. The van der Waals surface area contributed by atoms with E-state index in [4.69, 9.17) is 69.6 Å². The second kappa shape index (κ2) is 49.3. The van der Waals surface area contributed by atoms with E-state index in [9.17, 15) is 37.1 Å². The molecule has 0 aliphatic carbocycles. The van der Waals surface area contributed by atoms with Crippen molar-refractivity contribution < 1.29 is 13.2 Å². The maximum absolute atomic E-state index is 13.1. The zero-order valence-electron chi connectivity index (χ0n) is 78.2. The average Bonchev–Trinajstić information content (AvgIpc) is 1.73. The average molecular weight is 2070 g/mol. The van der Waals surface area contributed by atoms with E-state index in [1.807, 2.05) is 131 Å². The lowest BCUT2D eigenvalue weighted by molar-refractivity contribution is 0.475. The number of halogens is 9. The van der Waals surface area contributed by atoms with Gasteiger partial charge < -0.3 is 49.8 Å². The Labute approximate surface area is 857 Å². The van der Waals surface area contributed by atoms with Crippen LogP contribution in [-0.2, 0) is 32.7 Å². The highest BCUT2D eigenvalue weighted by Gasteiger charge is 2.29. The summed E-state index contributed by atoms with van der Waals surface area (Å²) in [4.78, 5) is 126. The number of piperazine rings is 2. The molecule has 740 valence electrons. The van der Waals surface area contributed by atoms with Gasteiger partial charge >= 0.3 is 28.4 Å². The first-order chi connectivity index (χ1) is 69.3. The van der Waals surface area contributed by atoms with Gasteiger partial charge in [0.1, 0.15) is 54.9 Å². The van der Waals surface area contributed by atoms with Crippen LogP contribution in [0.25, 0.3) is 0 Å². The molecule has 8 aromatic carbocycles. The Morgan fingerprint density at radius 3 is 1.01 bits per heavy atom. The number of aromatic nitrogens is 16. The molecule has 12 heterocycles. The number of anilines is 10. The molecule has 0 radical (unpaired) electrons. The summed E-state index contributed by atoms with van der Waals surface area (Å²) in [5, 5.41) is 11.2. The zero-order valence-corrected chi connectivity index (χ0v) is 83.6. The summed E-state index contributed by atoms with van der Waals surface area (Å²) < 4.78 is 47.5. The molecule has 0 unspecified atom stereocenters. The Hall–Kier alpha value is -13.8. The fourth-order valence-electron chi connectivity index (χ4n) is 16.8. The number of aryl methyl sites for hydroxylation is 1. The molecular formula is C102H103Cl6F3N26O5S. The lowest BCUT2D eigenvalue weighted by Gasteiger charge is -2.37. The normalized spacial score (nSPS) is 14.6. The van der Waals surface area contributed by atoms with Crippen molar-refractivity contribution in [2.45, 2.75) is 96.3 Å². The van der Waals surface area contributed by atoms with Crippen molar-refractivity contribution in [1.29, 1.82) is 0 Å². The molecule has 20 rings (SSSR count). The molecule has 0 bridgehead atoms. The van der Waals surface area contributed by atoms with Crippen molar-refractivity contribution in [2.75, 3.05) is 149 Å². The molecule has 7 aromatic heterocycles. The van der Waals surface area contributed by atoms with Gasteiger partial charge in [0, 0.05) is 165 Å². The summed E-state index contributed by atoms with van der Waals surface area (Å²) in [6, 6.07) is 65.1. The van der Waals surface area contributed by atoms with Crippen molar-refractivity contribution in [3.05, 3.63) is 389 Å². The SMILES string of the molecule is CN(c1ncn(Cc2ccc(Cl)cc2)c(=O)n1)C1CCN(c2ccc(F)cc2)CC1.Cc1ccc(N2CCN(c3ncn(Cc4ccc(Cl)cc4)c(=O)n3)CC2)nc1.O=c1nc(N2CCC(Nc3ccc(F)cc3)CC2)ncn1Cc1ccc(Cl)cc1.O=c1nc(N2CCN(c3ccc(Cl)s3)CC2)ncn1Cc1ccc(Cl)cc1.O=c1nc(NC2CCN(c3ccc(F)cc3)CC2)ncn1Cc1ccc(Cl)cc1. The number of hydrogen-bond donors (Lipinski definition) is 2. The van der Waals surface area contributed by atoms with Crippen LogP contribution in [0.2, 0.25) is 29.4 Å².